The Labute approximate surface area is 187 Å². The fraction of sp³-hybridized carbons (Fsp3) is 0.625. The molecule has 0 radical (unpaired) electrons. The van der Waals surface area contributed by atoms with E-state index in [1.807, 2.05) is 20.2 Å². The minimum absolute atomic E-state index is 0.326. The van der Waals surface area contributed by atoms with Gasteiger partial charge in [-0.05, 0) is 59.4 Å². The van der Waals surface area contributed by atoms with Crippen LogP contribution in [-0.2, 0) is 9.53 Å². The first kappa shape index (κ1) is 26.4. The molecular formula is C24H40N2O3S. The molecule has 30 heavy (non-hydrogen) atoms. The van der Waals surface area contributed by atoms with Crippen LogP contribution in [0.2, 0.25) is 0 Å². The van der Waals surface area contributed by atoms with E-state index in [0.29, 0.717) is 11.3 Å². The van der Waals surface area contributed by atoms with Crippen LogP contribution in [0.5, 0.6) is 0 Å². The van der Waals surface area contributed by atoms with Crippen LogP contribution in [0.25, 0.3) is 0 Å². The zero-order chi connectivity index (χ0) is 22.5. The summed E-state index contributed by atoms with van der Waals surface area (Å²) in [6.45, 7) is 9.94. The van der Waals surface area contributed by atoms with Crippen LogP contribution in [-0.4, -0.2) is 53.2 Å². The predicted molar refractivity (Wildman–Crippen MR) is 128 cm³/mol. The lowest BCUT2D eigenvalue weighted by molar-refractivity contribution is -0.132. The molecule has 0 saturated carbocycles. The molecule has 0 amide bonds. The number of ether oxygens (including phenoxy) is 1. The molecule has 0 spiro atoms. The van der Waals surface area contributed by atoms with Gasteiger partial charge in [-0.1, -0.05) is 50.3 Å². The minimum atomic E-state index is -0.895. The van der Waals surface area contributed by atoms with Crippen molar-refractivity contribution < 1.29 is 14.6 Å². The lowest BCUT2D eigenvalue weighted by atomic mass is 10.1. The summed E-state index contributed by atoms with van der Waals surface area (Å²) in [6, 6.07) is 0. The third kappa shape index (κ3) is 9.90. The molecule has 5 nitrogen and oxygen atoms in total. The maximum Gasteiger partial charge on any atom is 0.331 e. The highest BCUT2D eigenvalue weighted by Gasteiger charge is 2.19. The molecule has 0 aliphatic heterocycles. The first-order chi connectivity index (χ1) is 14.3. The average Bonchev–Trinajstić information content (AvgIpc) is 2.71. The van der Waals surface area contributed by atoms with Crippen molar-refractivity contribution in [3.63, 3.8) is 0 Å². The second-order valence-electron chi connectivity index (χ2n) is 7.97. The zero-order valence-electron chi connectivity index (χ0n) is 19.7. The molecule has 0 heterocycles. The molecule has 0 atom stereocenters. The number of hydrogen-bond donors (Lipinski definition) is 1. The van der Waals surface area contributed by atoms with Crippen molar-refractivity contribution in [3.05, 3.63) is 46.6 Å². The number of rotatable bonds is 14. The molecule has 0 aromatic heterocycles. The molecule has 1 aliphatic carbocycles. The summed E-state index contributed by atoms with van der Waals surface area (Å²) in [4.78, 5) is 13.9. The number of allylic oxidation sites excluding steroid dienone is 5. The van der Waals surface area contributed by atoms with Gasteiger partial charge in [0.05, 0.1) is 11.4 Å². The smallest absolute Gasteiger partial charge is 0.331 e. The van der Waals surface area contributed by atoms with Gasteiger partial charge in [0.1, 0.15) is 11.5 Å². The Bertz CT molecular complexity index is 670. The number of aliphatic carboxylic acids is 1. The van der Waals surface area contributed by atoms with Crippen LogP contribution in [0.1, 0.15) is 66.2 Å². The summed E-state index contributed by atoms with van der Waals surface area (Å²) in [7, 11) is 4.02. The van der Waals surface area contributed by atoms with Gasteiger partial charge in [-0.3, -0.25) is 4.31 Å². The Morgan fingerprint density at radius 1 is 1.17 bits per heavy atom. The van der Waals surface area contributed by atoms with E-state index >= 15 is 0 Å². The predicted octanol–water partition coefficient (Wildman–Crippen LogP) is 5.98. The Morgan fingerprint density at radius 3 is 2.27 bits per heavy atom. The number of carbonyl (C=O) groups is 1. The number of unbranched alkanes of at least 4 members (excludes halogenated alkanes) is 2. The van der Waals surface area contributed by atoms with Gasteiger partial charge in [0, 0.05) is 25.1 Å². The second-order valence-corrected chi connectivity index (χ2v) is 9.25. The number of carboxylic acids is 1. The molecule has 0 aromatic carbocycles. The zero-order valence-corrected chi connectivity index (χ0v) is 20.5. The molecule has 1 N–H and O–H groups in total. The van der Waals surface area contributed by atoms with E-state index in [-0.39, 0.29) is 0 Å². The summed E-state index contributed by atoms with van der Waals surface area (Å²) in [5.41, 5.74) is 2.58. The topological polar surface area (TPSA) is 53.0 Å². The summed E-state index contributed by atoms with van der Waals surface area (Å²) in [6.07, 6.45) is 12.1. The maximum absolute atomic E-state index is 11.6. The van der Waals surface area contributed by atoms with Crippen LogP contribution >= 0.6 is 11.9 Å². The number of carboxylic acid groups (broad SMARTS) is 1. The molecule has 0 saturated heterocycles. The van der Waals surface area contributed by atoms with E-state index in [1.165, 1.54) is 5.57 Å². The van der Waals surface area contributed by atoms with E-state index in [4.69, 9.17) is 4.74 Å². The Morgan fingerprint density at radius 2 is 1.80 bits per heavy atom. The van der Waals surface area contributed by atoms with Crippen LogP contribution in [0.4, 0.5) is 0 Å². The Balaban J connectivity index is 3.44. The molecule has 6 heteroatoms. The lowest BCUT2D eigenvalue weighted by Crippen LogP contribution is -2.27. The average molecular weight is 437 g/mol. The highest BCUT2D eigenvalue weighted by Crippen LogP contribution is 2.27. The molecular weight excluding hydrogens is 396 g/mol. The molecule has 1 aliphatic rings. The van der Waals surface area contributed by atoms with Crippen molar-refractivity contribution in [2.24, 2.45) is 0 Å². The molecule has 0 fully saturated rings. The SMILES string of the molecule is CCCCN(CCCC)C(/C=C(\C)C(=O)O)=C(/CSN(C)C)OC1=CC=C(C)CC1. The van der Waals surface area contributed by atoms with Gasteiger partial charge in [0.2, 0.25) is 0 Å². The van der Waals surface area contributed by atoms with Crippen LogP contribution in [0, 0.1) is 0 Å². The second kappa shape index (κ2) is 14.4. The quantitative estimate of drug-likeness (QED) is 0.156. The molecule has 0 bridgehead atoms. The third-order valence-corrected chi connectivity index (χ3v) is 5.82. The van der Waals surface area contributed by atoms with E-state index in [9.17, 15) is 9.90 Å². The van der Waals surface area contributed by atoms with Gasteiger partial charge in [-0.2, -0.15) is 0 Å². The normalized spacial score (nSPS) is 15.5. The summed E-state index contributed by atoms with van der Waals surface area (Å²) < 4.78 is 8.50. The van der Waals surface area contributed by atoms with Gasteiger partial charge in [0.25, 0.3) is 0 Å². The van der Waals surface area contributed by atoms with Crippen molar-refractivity contribution in [1.82, 2.24) is 9.21 Å². The van der Waals surface area contributed by atoms with Crippen molar-refractivity contribution in [1.29, 1.82) is 0 Å². The molecule has 0 unspecified atom stereocenters. The first-order valence-corrected chi connectivity index (χ1v) is 12.0. The first-order valence-electron chi connectivity index (χ1n) is 11.0. The summed E-state index contributed by atoms with van der Waals surface area (Å²) in [5.74, 6) is 1.54. The van der Waals surface area contributed by atoms with Gasteiger partial charge in [-0.25, -0.2) is 4.79 Å². The maximum atomic E-state index is 11.6. The Hall–Kier alpha value is -1.66. The van der Waals surface area contributed by atoms with Crippen molar-refractivity contribution >= 4 is 17.9 Å². The monoisotopic (exact) mass is 436 g/mol. The third-order valence-electron chi connectivity index (χ3n) is 4.91. The molecule has 0 aromatic rings. The lowest BCUT2D eigenvalue weighted by Gasteiger charge is -2.29. The fourth-order valence-corrected chi connectivity index (χ4v) is 3.56. The van der Waals surface area contributed by atoms with Crippen molar-refractivity contribution in [2.75, 3.05) is 32.9 Å². The summed E-state index contributed by atoms with van der Waals surface area (Å²) >= 11 is 1.66. The standard InChI is InChI=1S/C24H40N2O3S/c1-7-9-15-26(16-10-8-2)22(17-20(4)24(27)28)23(18-30-25(5)6)29-21-13-11-19(3)12-14-21/h11,13,17H,7-10,12,14-16,18H2,1-6H3,(H,27,28)/b20-17+,23-22-. The minimum Gasteiger partial charge on any atom is -0.478 e. The van der Waals surface area contributed by atoms with Crippen LogP contribution < -0.4 is 0 Å². The van der Waals surface area contributed by atoms with E-state index in [1.54, 1.807) is 24.9 Å². The number of nitrogens with zero attached hydrogens (tertiary/aromatic N) is 2. The largest absolute Gasteiger partial charge is 0.478 e. The van der Waals surface area contributed by atoms with Gasteiger partial charge in [-0.15, -0.1) is 0 Å². The van der Waals surface area contributed by atoms with Gasteiger partial charge >= 0.3 is 5.97 Å². The number of hydrogen-bond acceptors (Lipinski definition) is 5. The highest BCUT2D eigenvalue weighted by atomic mass is 32.2. The molecule has 170 valence electrons. The van der Waals surface area contributed by atoms with Crippen molar-refractivity contribution in [2.45, 2.75) is 66.2 Å². The van der Waals surface area contributed by atoms with E-state index in [2.05, 4.69) is 36.1 Å². The van der Waals surface area contributed by atoms with Crippen LogP contribution in [0.3, 0.4) is 0 Å². The van der Waals surface area contributed by atoms with Crippen LogP contribution in [0.15, 0.2) is 46.6 Å². The van der Waals surface area contributed by atoms with Gasteiger partial charge < -0.3 is 14.7 Å². The van der Waals surface area contributed by atoms with E-state index < -0.39 is 5.97 Å². The van der Waals surface area contributed by atoms with Crippen molar-refractivity contribution in [3.8, 4) is 0 Å². The molecule has 1 rings (SSSR count). The summed E-state index contributed by atoms with van der Waals surface area (Å²) in [5, 5.41) is 9.53. The fourth-order valence-electron chi connectivity index (χ4n) is 2.97. The highest BCUT2D eigenvalue weighted by molar-refractivity contribution is 7.97. The van der Waals surface area contributed by atoms with Gasteiger partial charge in [0.15, 0.2) is 0 Å². The van der Waals surface area contributed by atoms with E-state index in [0.717, 1.165) is 68.8 Å². The Kier molecular flexibility index (Phi) is 12.6.